The van der Waals surface area contributed by atoms with Gasteiger partial charge in [-0.2, -0.15) is 0 Å². The Balaban J connectivity index is 1.86. The Labute approximate surface area is 138 Å². The zero-order valence-electron chi connectivity index (χ0n) is 14.2. The van der Waals surface area contributed by atoms with E-state index in [1.54, 1.807) is 6.92 Å². The van der Waals surface area contributed by atoms with Gasteiger partial charge in [0.2, 0.25) is 5.91 Å². The number of hydrogen-bond acceptors (Lipinski definition) is 3. The second kappa shape index (κ2) is 6.57. The SMILES string of the molecule is CCc1cc(N2CCC(N(C)C(C)=O)CC2)c2ccccc2n1. The Morgan fingerprint density at radius 3 is 2.65 bits per heavy atom. The van der Waals surface area contributed by atoms with Gasteiger partial charge in [-0.3, -0.25) is 9.78 Å². The summed E-state index contributed by atoms with van der Waals surface area (Å²) in [6.07, 6.45) is 2.99. The minimum absolute atomic E-state index is 0.158. The third-order valence-corrected chi connectivity index (χ3v) is 4.96. The van der Waals surface area contributed by atoms with E-state index in [2.05, 4.69) is 36.1 Å². The first-order valence-electron chi connectivity index (χ1n) is 8.47. The lowest BCUT2D eigenvalue weighted by Gasteiger charge is -2.38. The molecule has 3 rings (SSSR count). The van der Waals surface area contributed by atoms with E-state index in [9.17, 15) is 4.79 Å². The van der Waals surface area contributed by atoms with Crippen molar-refractivity contribution in [1.29, 1.82) is 0 Å². The molecule has 4 heteroatoms. The number of pyridine rings is 1. The molecule has 1 amide bonds. The van der Waals surface area contributed by atoms with Crippen LogP contribution in [-0.4, -0.2) is 42.0 Å². The first-order chi connectivity index (χ1) is 11.1. The zero-order chi connectivity index (χ0) is 16.4. The number of carbonyl (C=O) groups is 1. The van der Waals surface area contributed by atoms with E-state index in [0.717, 1.165) is 43.6 Å². The summed E-state index contributed by atoms with van der Waals surface area (Å²) in [6.45, 7) is 5.77. The van der Waals surface area contributed by atoms with Crippen LogP contribution in [0.3, 0.4) is 0 Å². The van der Waals surface area contributed by atoms with E-state index < -0.39 is 0 Å². The van der Waals surface area contributed by atoms with E-state index in [1.807, 2.05) is 18.0 Å². The predicted molar refractivity (Wildman–Crippen MR) is 94.8 cm³/mol. The number of fused-ring (bicyclic) bond motifs is 1. The Morgan fingerprint density at radius 1 is 1.30 bits per heavy atom. The van der Waals surface area contributed by atoms with Crippen molar-refractivity contribution >= 4 is 22.5 Å². The first kappa shape index (κ1) is 15.8. The normalized spacial score (nSPS) is 15.9. The van der Waals surface area contributed by atoms with Crippen LogP contribution in [0.2, 0.25) is 0 Å². The summed E-state index contributed by atoms with van der Waals surface area (Å²) < 4.78 is 0. The van der Waals surface area contributed by atoms with Crippen LogP contribution in [0.25, 0.3) is 10.9 Å². The summed E-state index contributed by atoms with van der Waals surface area (Å²) in [7, 11) is 1.92. The number of aryl methyl sites for hydroxylation is 1. The molecule has 0 radical (unpaired) electrons. The number of piperidine rings is 1. The maximum absolute atomic E-state index is 11.6. The van der Waals surface area contributed by atoms with Gasteiger partial charge in [-0.15, -0.1) is 0 Å². The van der Waals surface area contributed by atoms with Crippen molar-refractivity contribution in [3.63, 3.8) is 0 Å². The Bertz CT molecular complexity index is 705. The van der Waals surface area contributed by atoms with Crippen molar-refractivity contribution in [3.05, 3.63) is 36.0 Å². The summed E-state index contributed by atoms with van der Waals surface area (Å²) in [6, 6.07) is 11.0. The average Bonchev–Trinajstić information content (AvgIpc) is 2.60. The molecule has 1 fully saturated rings. The largest absolute Gasteiger partial charge is 0.371 e. The maximum Gasteiger partial charge on any atom is 0.219 e. The number of anilines is 1. The van der Waals surface area contributed by atoms with Crippen LogP contribution in [0.15, 0.2) is 30.3 Å². The number of nitrogens with zero attached hydrogens (tertiary/aromatic N) is 3. The Kier molecular flexibility index (Phi) is 4.51. The van der Waals surface area contributed by atoms with Gasteiger partial charge in [0, 0.05) is 49.9 Å². The molecular weight excluding hydrogens is 286 g/mol. The van der Waals surface area contributed by atoms with Crippen molar-refractivity contribution in [2.45, 2.75) is 39.2 Å². The van der Waals surface area contributed by atoms with Crippen molar-refractivity contribution in [2.75, 3.05) is 25.0 Å². The van der Waals surface area contributed by atoms with E-state index in [-0.39, 0.29) is 5.91 Å². The highest BCUT2D eigenvalue weighted by Gasteiger charge is 2.25. The summed E-state index contributed by atoms with van der Waals surface area (Å²) >= 11 is 0. The highest BCUT2D eigenvalue weighted by molar-refractivity contribution is 5.92. The van der Waals surface area contributed by atoms with Gasteiger partial charge >= 0.3 is 0 Å². The van der Waals surface area contributed by atoms with Crippen LogP contribution in [0.4, 0.5) is 5.69 Å². The van der Waals surface area contributed by atoms with Gasteiger partial charge in [-0.1, -0.05) is 25.1 Å². The molecule has 0 atom stereocenters. The molecule has 1 aliphatic rings. The molecule has 1 saturated heterocycles. The summed E-state index contributed by atoms with van der Waals surface area (Å²) in [4.78, 5) is 20.6. The number of amides is 1. The fraction of sp³-hybridized carbons (Fsp3) is 0.474. The quantitative estimate of drug-likeness (QED) is 0.873. The maximum atomic E-state index is 11.6. The van der Waals surface area contributed by atoms with Crippen LogP contribution < -0.4 is 4.90 Å². The van der Waals surface area contributed by atoms with Crippen LogP contribution in [0.1, 0.15) is 32.4 Å². The smallest absolute Gasteiger partial charge is 0.219 e. The molecule has 23 heavy (non-hydrogen) atoms. The summed E-state index contributed by atoms with van der Waals surface area (Å²) in [5.41, 5.74) is 3.50. The molecule has 0 spiro atoms. The predicted octanol–water partition coefficient (Wildman–Crippen LogP) is 3.24. The molecule has 2 heterocycles. The second-order valence-corrected chi connectivity index (χ2v) is 6.35. The zero-order valence-corrected chi connectivity index (χ0v) is 14.2. The fourth-order valence-corrected chi connectivity index (χ4v) is 3.40. The van der Waals surface area contributed by atoms with Gasteiger partial charge in [0.1, 0.15) is 0 Å². The van der Waals surface area contributed by atoms with Gasteiger partial charge in [0.25, 0.3) is 0 Å². The molecule has 1 aromatic heterocycles. The van der Waals surface area contributed by atoms with Crippen LogP contribution >= 0.6 is 0 Å². The molecule has 0 bridgehead atoms. The lowest BCUT2D eigenvalue weighted by molar-refractivity contribution is -0.129. The van der Waals surface area contributed by atoms with Crippen LogP contribution in [0.5, 0.6) is 0 Å². The van der Waals surface area contributed by atoms with Gasteiger partial charge in [-0.05, 0) is 31.4 Å². The monoisotopic (exact) mass is 311 g/mol. The number of benzene rings is 1. The molecule has 0 aliphatic carbocycles. The highest BCUT2D eigenvalue weighted by atomic mass is 16.2. The molecule has 1 aromatic carbocycles. The Hall–Kier alpha value is -2.10. The van der Waals surface area contributed by atoms with Gasteiger partial charge in [-0.25, -0.2) is 0 Å². The van der Waals surface area contributed by atoms with Gasteiger partial charge in [0.15, 0.2) is 0 Å². The molecule has 0 saturated carbocycles. The second-order valence-electron chi connectivity index (χ2n) is 6.35. The van der Waals surface area contributed by atoms with Crippen LogP contribution in [0, 0.1) is 0 Å². The third kappa shape index (κ3) is 3.16. The topological polar surface area (TPSA) is 36.4 Å². The van der Waals surface area contributed by atoms with Gasteiger partial charge < -0.3 is 9.80 Å². The first-order valence-corrected chi connectivity index (χ1v) is 8.47. The highest BCUT2D eigenvalue weighted by Crippen LogP contribution is 2.30. The minimum Gasteiger partial charge on any atom is -0.371 e. The van der Waals surface area contributed by atoms with Gasteiger partial charge in [0.05, 0.1) is 5.52 Å². The molecule has 2 aromatic rings. The molecule has 0 unspecified atom stereocenters. The van der Waals surface area contributed by atoms with E-state index >= 15 is 0 Å². The summed E-state index contributed by atoms with van der Waals surface area (Å²) in [5.74, 6) is 0.158. The minimum atomic E-state index is 0.158. The van der Waals surface area contributed by atoms with Crippen molar-refractivity contribution in [3.8, 4) is 0 Å². The molecular formula is C19H25N3O. The fourth-order valence-electron chi connectivity index (χ4n) is 3.40. The number of rotatable bonds is 3. The standard InChI is InChI=1S/C19H25N3O/c1-4-15-13-19(17-7-5-6-8-18(17)20-15)22-11-9-16(10-12-22)21(3)14(2)23/h5-8,13,16H,4,9-12H2,1-3H3. The number of hydrogen-bond donors (Lipinski definition) is 0. The lowest BCUT2D eigenvalue weighted by atomic mass is 10.0. The van der Waals surface area contributed by atoms with Crippen LogP contribution in [-0.2, 0) is 11.2 Å². The third-order valence-electron chi connectivity index (χ3n) is 4.96. The molecule has 0 N–H and O–H groups in total. The Morgan fingerprint density at radius 2 is 2.00 bits per heavy atom. The van der Waals surface area contributed by atoms with E-state index in [1.165, 1.54) is 11.1 Å². The van der Waals surface area contributed by atoms with Crippen molar-refractivity contribution < 1.29 is 4.79 Å². The lowest BCUT2D eigenvalue weighted by Crippen LogP contribution is -2.45. The van der Waals surface area contributed by atoms with E-state index in [0.29, 0.717) is 6.04 Å². The van der Waals surface area contributed by atoms with E-state index in [4.69, 9.17) is 4.98 Å². The number of carbonyl (C=O) groups excluding carboxylic acids is 1. The van der Waals surface area contributed by atoms with Crippen molar-refractivity contribution in [1.82, 2.24) is 9.88 Å². The number of aromatic nitrogens is 1. The molecule has 4 nitrogen and oxygen atoms in total. The number of para-hydroxylation sites is 1. The van der Waals surface area contributed by atoms with Crippen molar-refractivity contribution in [2.24, 2.45) is 0 Å². The summed E-state index contributed by atoms with van der Waals surface area (Å²) in [5, 5.41) is 1.23. The molecule has 122 valence electrons. The average molecular weight is 311 g/mol. The molecule has 1 aliphatic heterocycles.